The van der Waals surface area contributed by atoms with E-state index in [1.165, 1.54) is 11.8 Å². The van der Waals surface area contributed by atoms with E-state index < -0.39 is 0 Å². The van der Waals surface area contributed by atoms with Crippen molar-refractivity contribution in [2.24, 2.45) is 4.99 Å². The first-order chi connectivity index (χ1) is 13.0. The summed E-state index contributed by atoms with van der Waals surface area (Å²) in [5.41, 5.74) is 1.63. The monoisotopic (exact) mass is 422 g/mol. The number of carbonyl (C=O) groups is 1. The lowest BCUT2D eigenvalue weighted by molar-refractivity contribution is -0.114. The SMILES string of the molecule is CCCC1=C(C(=O)N(CCC#N)c2cc(Cl)cc(Cl)c2)SC2=NCCCN21. The standard InChI is InChI=1S/C19H20Cl2N4OS/c1-2-5-16-17(27-19-23-7-4-9-25(16)19)18(26)24(8-3-6-22)15-11-13(20)10-14(21)12-15/h10-12H,2-5,7-9H2,1H3. The maximum atomic E-state index is 13.5. The molecule has 2 heterocycles. The molecule has 0 radical (unpaired) electrons. The first-order valence-electron chi connectivity index (χ1n) is 8.93. The summed E-state index contributed by atoms with van der Waals surface area (Å²) in [5.74, 6) is -0.130. The van der Waals surface area contributed by atoms with Crippen molar-refractivity contribution in [3.8, 4) is 6.07 Å². The molecular formula is C19H20Cl2N4OS. The van der Waals surface area contributed by atoms with Crippen LogP contribution < -0.4 is 4.90 Å². The lowest BCUT2D eigenvalue weighted by Gasteiger charge is -2.25. The van der Waals surface area contributed by atoms with E-state index in [0.717, 1.165) is 43.2 Å². The Morgan fingerprint density at radius 2 is 2.11 bits per heavy atom. The van der Waals surface area contributed by atoms with Gasteiger partial charge in [-0.25, -0.2) is 0 Å². The van der Waals surface area contributed by atoms with Crippen LogP contribution in [0.4, 0.5) is 5.69 Å². The minimum absolute atomic E-state index is 0.130. The van der Waals surface area contributed by atoms with Gasteiger partial charge in [0.2, 0.25) is 0 Å². The Labute approximate surface area is 173 Å². The van der Waals surface area contributed by atoms with Gasteiger partial charge in [0.05, 0.1) is 12.5 Å². The van der Waals surface area contributed by atoms with Crippen LogP contribution >= 0.6 is 35.0 Å². The van der Waals surface area contributed by atoms with Crippen molar-refractivity contribution in [2.75, 3.05) is 24.5 Å². The molecule has 0 aliphatic carbocycles. The molecule has 0 N–H and O–H groups in total. The largest absolute Gasteiger partial charge is 0.323 e. The van der Waals surface area contributed by atoms with Crippen LogP contribution in [0, 0.1) is 11.3 Å². The zero-order valence-electron chi connectivity index (χ0n) is 15.0. The van der Waals surface area contributed by atoms with Gasteiger partial charge in [0, 0.05) is 41.1 Å². The van der Waals surface area contributed by atoms with Gasteiger partial charge in [-0.05, 0) is 42.8 Å². The minimum Gasteiger partial charge on any atom is -0.323 e. The number of anilines is 1. The summed E-state index contributed by atoms with van der Waals surface area (Å²) in [6.07, 6.45) is 2.97. The average Bonchev–Trinajstić information content (AvgIpc) is 3.00. The van der Waals surface area contributed by atoms with Crippen molar-refractivity contribution in [1.29, 1.82) is 5.26 Å². The Morgan fingerprint density at radius 3 is 2.78 bits per heavy atom. The molecule has 8 heteroatoms. The quantitative estimate of drug-likeness (QED) is 0.642. The molecular weight excluding hydrogens is 403 g/mol. The Balaban J connectivity index is 1.99. The third-order valence-corrected chi connectivity index (χ3v) is 5.91. The molecule has 0 fully saturated rings. The minimum atomic E-state index is -0.130. The number of hydrogen-bond donors (Lipinski definition) is 0. The number of thioether (sulfide) groups is 1. The first kappa shape index (κ1) is 20.1. The number of nitriles is 1. The number of amides is 1. The van der Waals surface area contributed by atoms with Crippen LogP contribution in [-0.2, 0) is 4.79 Å². The number of nitrogens with zero attached hydrogens (tertiary/aromatic N) is 4. The van der Waals surface area contributed by atoms with Crippen molar-refractivity contribution in [2.45, 2.75) is 32.6 Å². The molecule has 3 rings (SSSR count). The van der Waals surface area contributed by atoms with Crippen LogP contribution in [0.2, 0.25) is 10.0 Å². The van der Waals surface area contributed by atoms with E-state index in [1.54, 1.807) is 23.1 Å². The van der Waals surface area contributed by atoms with Gasteiger partial charge < -0.3 is 9.80 Å². The number of rotatable bonds is 6. The van der Waals surface area contributed by atoms with Gasteiger partial charge in [-0.3, -0.25) is 9.79 Å². The maximum Gasteiger partial charge on any atom is 0.266 e. The Bertz CT molecular complexity index is 826. The highest BCUT2D eigenvalue weighted by Crippen LogP contribution is 2.40. The molecule has 2 aliphatic heterocycles. The van der Waals surface area contributed by atoms with E-state index >= 15 is 0 Å². The highest BCUT2D eigenvalue weighted by molar-refractivity contribution is 8.18. The molecule has 0 spiro atoms. The van der Waals surface area contributed by atoms with Gasteiger partial charge in [0.1, 0.15) is 4.91 Å². The summed E-state index contributed by atoms with van der Waals surface area (Å²) in [4.78, 5) is 22.5. The number of benzene rings is 1. The van der Waals surface area contributed by atoms with Gasteiger partial charge in [0.25, 0.3) is 5.91 Å². The van der Waals surface area contributed by atoms with E-state index in [-0.39, 0.29) is 18.9 Å². The van der Waals surface area contributed by atoms with E-state index in [2.05, 4.69) is 22.9 Å². The molecule has 1 aromatic rings. The molecule has 1 aromatic carbocycles. The molecule has 0 unspecified atom stereocenters. The topological polar surface area (TPSA) is 59.7 Å². The molecule has 1 amide bonds. The first-order valence-corrected chi connectivity index (χ1v) is 10.5. The summed E-state index contributed by atoms with van der Waals surface area (Å²) >= 11 is 13.7. The predicted molar refractivity (Wildman–Crippen MR) is 112 cm³/mol. The fourth-order valence-electron chi connectivity index (χ4n) is 3.17. The summed E-state index contributed by atoms with van der Waals surface area (Å²) < 4.78 is 0. The van der Waals surface area contributed by atoms with Crippen molar-refractivity contribution in [3.63, 3.8) is 0 Å². The fraction of sp³-hybridized carbons (Fsp3) is 0.421. The predicted octanol–water partition coefficient (Wildman–Crippen LogP) is 5.06. The lowest BCUT2D eigenvalue weighted by Crippen LogP contribution is -2.33. The third-order valence-electron chi connectivity index (χ3n) is 4.33. The molecule has 5 nitrogen and oxygen atoms in total. The second-order valence-electron chi connectivity index (χ2n) is 6.29. The van der Waals surface area contributed by atoms with Crippen molar-refractivity contribution >= 4 is 51.7 Å². The summed E-state index contributed by atoms with van der Waals surface area (Å²) in [6, 6.07) is 7.14. The number of hydrogen-bond acceptors (Lipinski definition) is 5. The zero-order valence-corrected chi connectivity index (χ0v) is 17.4. The Morgan fingerprint density at radius 1 is 1.37 bits per heavy atom. The van der Waals surface area contributed by atoms with E-state index in [1.807, 2.05) is 0 Å². The van der Waals surface area contributed by atoms with Gasteiger partial charge in [-0.15, -0.1) is 0 Å². The van der Waals surface area contributed by atoms with Gasteiger partial charge in [-0.2, -0.15) is 5.26 Å². The number of carbonyl (C=O) groups excluding carboxylic acids is 1. The Kier molecular flexibility index (Phi) is 6.69. The average molecular weight is 423 g/mol. The Hall–Kier alpha value is -1.68. The molecule has 2 aliphatic rings. The smallest absolute Gasteiger partial charge is 0.266 e. The van der Waals surface area contributed by atoms with E-state index in [4.69, 9.17) is 28.5 Å². The number of amidine groups is 1. The molecule has 0 saturated carbocycles. The molecule has 0 bridgehead atoms. The number of halogens is 2. The normalized spacial score (nSPS) is 16.1. The molecule has 0 saturated heterocycles. The number of allylic oxidation sites excluding steroid dienone is 1. The van der Waals surface area contributed by atoms with E-state index in [0.29, 0.717) is 20.6 Å². The van der Waals surface area contributed by atoms with Crippen molar-refractivity contribution < 1.29 is 4.79 Å². The number of fused-ring (bicyclic) bond motifs is 1. The van der Waals surface area contributed by atoms with E-state index in [9.17, 15) is 4.79 Å². The summed E-state index contributed by atoms with van der Waals surface area (Å²) in [5, 5.41) is 10.8. The third kappa shape index (κ3) is 4.43. The van der Waals surface area contributed by atoms with Gasteiger partial charge >= 0.3 is 0 Å². The summed E-state index contributed by atoms with van der Waals surface area (Å²) in [7, 11) is 0. The lowest BCUT2D eigenvalue weighted by atomic mass is 10.2. The second-order valence-corrected chi connectivity index (χ2v) is 8.14. The summed E-state index contributed by atoms with van der Waals surface area (Å²) in [6.45, 7) is 4.06. The highest BCUT2D eigenvalue weighted by Gasteiger charge is 2.36. The molecule has 0 aromatic heterocycles. The fourth-order valence-corrected chi connectivity index (χ4v) is 4.87. The van der Waals surface area contributed by atoms with Crippen LogP contribution in [0.1, 0.15) is 32.6 Å². The van der Waals surface area contributed by atoms with Crippen LogP contribution in [0.25, 0.3) is 0 Å². The van der Waals surface area contributed by atoms with Gasteiger partial charge in [-0.1, -0.05) is 36.5 Å². The number of aliphatic imine (C=N–C) groups is 1. The van der Waals surface area contributed by atoms with Crippen LogP contribution in [-0.4, -0.2) is 35.6 Å². The van der Waals surface area contributed by atoms with Crippen LogP contribution in [0.5, 0.6) is 0 Å². The van der Waals surface area contributed by atoms with Crippen molar-refractivity contribution in [1.82, 2.24) is 4.90 Å². The van der Waals surface area contributed by atoms with Gasteiger partial charge in [0.15, 0.2) is 5.17 Å². The van der Waals surface area contributed by atoms with Crippen molar-refractivity contribution in [3.05, 3.63) is 38.8 Å². The van der Waals surface area contributed by atoms with Crippen LogP contribution in [0.3, 0.4) is 0 Å². The van der Waals surface area contributed by atoms with Crippen LogP contribution in [0.15, 0.2) is 33.8 Å². The maximum absolute atomic E-state index is 13.5. The molecule has 27 heavy (non-hydrogen) atoms. The second kappa shape index (κ2) is 9.01. The molecule has 142 valence electrons. The zero-order chi connectivity index (χ0) is 19.4. The highest BCUT2D eigenvalue weighted by atomic mass is 35.5. The molecule has 0 atom stereocenters.